The normalized spacial score (nSPS) is 29.0. The molecule has 1 aliphatic heterocycles. The molecule has 0 bridgehead atoms. The van der Waals surface area contributed by atoms with Crippen LogP contribution in [0.15, 0.2) is 0 Å². The first-order chi connectivity index (χ1) is 6.15. The second kappa shape index (κ2) is 4.85. The van der Waals surface area contributed by atoms with Crippen molar-refractivity contribution in [3.05, 3.63) is 0 Å². The summed E-state index contributed by atoms with van der Waals surface area (Å²) in [5, 5.41) is 0.255. The van der Waals surface area contributed by atoms with Gasteiger partial charge in [-0.05, 0) is 18.8 Å². The Labute approximate surface area is 85.2 Å². The van der Waals surface area contributed by atoms with E-state index in [0.717, 1.165) is 25.9 Å². The van der Waals surface area contributed by atoms with Crippen LogP contribution < -0.4 is 0 Å². The summed E-state index contributed by atoms with van der Waals surface area (Å²) in [4.78, 5) is 13.5. The Hall–Kier alpha value is -0.240. The summed E-state index contributed by atoms with van der Waals surface area (Å²) in [6.07, 6.45) is 2.56. The van der Waals surface area contributed by atoms with E-state index in [9.17, 15) is 4.79 Å². The van der Waals surface area contributed by atoms with Gasteiger partial charge in [0.25, 0.3) is 0 Å². The Balaban J connectivity index is 2.40. The predicted octanol–water partition coefficient (Wildman–Crippen LogP) is 2.26. The number of hydrogen-bond acceptors (Lipinski definition) is 1. The van der Waals surface area contributed by atoms with Crippen molar-refractivity contribution in [3.63, 3.8) is 0 Å². The molecule has 2 nitrogen and oxygen atoms in total. The first-order valence-electron chi connectivity index (χ1n) is 5.07. The van der Waals surface area contributed by atoms with Crippen LogP contribution in [0.3, 0.4) is 0 Å². The zero-order chi connectivity index (χ0) is 9.84. The monoisotopic (exact) mass is 203 g/mol. The zero-order valence-electron chi connectivity index (χ0n) is 8.42. The number of amides is 1. The SMILES string of the molecule is CCCC(=O)N1CCC(Cl)C(C)C1. The standard InChI is InChI=1S/C10H18ClNO/c1-3-4-10(13)12-6-5-9(11)8(2)7-12/h8-9H,3-7H2,1-2H3. The van der Waals surface area contributed by atoms with Crippen LogP contribution in [-0.4, -0.2) is 29.3 Å². The van der Waals surface area contributed by atoms with Gasteiger partial charge in [0.2, 0.25) is 5.91 Å². The molecule has 1 aliphatic rings. The van der Waals surface area contributed by atoms with Crippen LogP contribution in [0.4, 0.5) is 0 Å². The van der Waals surface area contributed by atoms with Crippen molar-refractivity contribution in [1.82, 2.24) is 4.90 Å². The Morgan fingerprint density at radius 1 is 1.62 bits per heavy atom. The smallest absolute Gasteiger partial charge is 0.222 e. The van der Waals surface area contributed by atoms with Gasteiger partial charge in [-0.3, -0.25) is 4.79 Å². The molecule has 0 N–H and O–H groups in total. The molecule has 0 saturated carbocycles. The van der Waals surface area contributed by atoms with Crippen molar-refractivity contribution in [3.8, 4) is 0 Å². The molecule has 2 atom stereocenters. The number of hydrogen-bond donors (Lipinski definition) is 0. The van der Waals surface area contributed by atoms with Crippen LogP contribution >= 0.6 is 11.6 Å². The van der Waals surface area contributed by atoms with E-state index < -0.39 is 0 Å². The van der Waals surface area contributed by atoms with E-state index in [1.54, 1.807) is 0 Å². The van der Waals surface area contributed by atoms with Gasteiger partial charge in [-0.25, -0.2) is 0 Å². The minimum atomic E-state index is 0.255. The minimum absolute atomic E-state index is 0.255. The van der Waals surface area contributed by atoms with Gasteiger partial charge in [0.15, 0.2) is 0 Å². The molecule has 0 aromatic heterocycles. The number of carbonyl (C=O) groups is 1. The highest BCUT2D eigenvalue weighted by Gasteiger charge is 2.26. The van der Waals surface area contributed by atoms with Crippen LogP contribution in [0.5, 0.6) is 0 Å². The van der Waals surface area contributed by atoms with Crippen molar-refractivity contribution in [2.24, 2.45) is 5.92 Å². The predicted molar refractivity (Wildman–Crippen MR) is 54.9 cm³/mol. The van der Waals surface area contributed by atoms with Crippen LogP contribution in [0.25, 0.3) is 0 Å². The van der Waals surface area contributed by atoms with Crippen molar-refractivity contribution in [1.29, 1.82) is 0 Å². The summed E-state index contributed by atoms with van der Waals surface area (Å²) in [7, 11) is 0. The van der Waals surface area contributed by atoms with E-state index in [2.05, 4.69) is 6.92 Å². The Bertz CT molecular complexity index is 184. The maximum atomic E-state index is 11.5. The molecule has 2 unspecified atom stereocenters. The molecule has 13 heavy (non-hydrogen) atoms. The Morgan fingerprint density at radius 2 is 2.31 bits per heavy atom. The van der Waals surface area contributed by atoms with E-state index in [1.807, 2.05) is 11.8 Å². The van der Waals surface area contributed by atoms with E-state index in [0.29, 0.717) is 12.3 Å². The largest absolute Gasteiger partial charge is 0.342 e. The lowest BCUT2D eigenvalue weighted by Crippen LogP contribution is -2.43. The number of rotatable bonds is 2. The van der Waals surface area contributed by atoms with Crippen molar-refractivity contribution >= 4 is 17.5 Å². The minimum Gasteiger partial charge on any atom is -0.342 e. The second-order valence-corrected chi connectivity index (χ2v) is 4.43. The lowest BCUT2D eigenvalue weighted by Gasteiger charge is -2.34. The fraction of sp³-hybridized carbons (Fsp3) is 0.900. The third-order valence-electron chi connectivity index (χ3n) is 2.62. The highest BCUT2D eigenvalue weighted by atomic mass is 35.5. The van der Waals surface area contributed by atoms with Crippen LogP contribution in [0.2, 0.25) is 0 Å². The average molecular weight is 204 g/mol. The molecule has 3 heteroatoms. The summed E-state index contributed by atoms with van der Waals surface area (Å²) in [6, 6.07) is 0. The molecule has 1 amide bonds. The highest BCUT2D eigenvalue weighted by Crippen LogP contribution is 2.22. The second-order valence-electron chi connectivity index (χ2n) is 3.87. The van der Waals surface area contributed by atoms with Crippen LogP contribution in [0.1, 0.15) is 33.1 Å². The fourth-order valence-corrected chi connectivity index (χ4v) is 1.89. The fourth-order valence-electron chi connectivity index (χ4n) is 1.72. The Morgan fingerprint density at radius 3 is 2.85 bits per heavy atom. The molecule has 0 aromatic carbocycles. The molecule has 1 heterocycles. The van der Waals surface area contributed by atoms with Gasteiger partial charge in [-0.15, -0.1) is 11.6 Å². The number of alkyl halides is 1. The van der Waals surface area contributed by atoms with Gasteiger partial charge in [-0.1, -0.05) is 13.8 Å². The molecule has 0 radical (unpaired) electrons. The van der Waals surface area contributed by atoms with E-state index in [4.69, 9.17) is 11.6 Å². The first kappa shape index (κ1) is 10.8. The summed E-state index contributed by atoms with van der Waals surface area (Å²) in [6.45, 7) is 5.84. The quantitative estimate of drug-likeness (QED) is 0.631. The highest BCUT2D eigenvalue weighted by molar-refractivity contribution is 6.20. The van der Waals surface area contributed by atoms with Crippen molar-refractivity contribution in [2.75, 3.05) is 13.1 Å². The van der Waals surface area contributed by atoms with Gasteiger partial charge < -0.3 is 4.90 Å². The molecule has 0 aliphatic carbocycles. The number of halogens is 1. The third-order valence-corrected chi connectivity index (χ3v) is 3.27. The number of nitrogens with zero attached hydrogens (tertiary/aromatic N) is 1. The van der Waals surface area contributed by atoms with E-state index >= 15 is 0 Å². The number of likely N-dealkylation sites (tertiary alicyclic amines) is 1. The zero-order valence-corrected chi connectivity index (χ0v) is 9.18. The Kier molecular flexibility index (Phi) is 4.04. The van der Waals surface area contributed by atoms with Gasteiger partial charge in [0, 0.05) is 24.9 Å². The molecule has 1 saturated heterocycles. The van der Waals surface area contributed by atoms with Gasteiger partial charge >= 0.3 is 0 Å². The first-order valence-corrected chi connectivity index (χ1v) is 5.50. The average Bonchev–Trinajstić information content (AvgIpc) is 2.10. The maximum absolute atomic E-state index is 11.5. The van der Waals surface area contributed by atoms with Crippen molar-refractivity contribution in [2.45, 2.75) is 38.5 Å². The van der Waals surface area contributed by atoms with Crippen LogP contribution in [-0.2, 0) is 4.79 Å². The molecular weight excluding hydrogens is 186 g/mol. The van der Waals surface area contributed by atoms with Gasteiger partial charge in [-0.2, -0.15) is 0 Å². The maximum Gasteiger partial charge on any atom is 0.222 e. The number of carbonyl (C=O) groups excluding carboxylic acids is 1. The molecule has 0 aromatic rings. The molecule has 76 valence electrons. The van der Waals surface area contributed by atoms with Gasteiger partial charge in [0.05, 0.1) is 0 Å². The van der Waals surface area contributed by atoms with E-state index in [1.165, 1.54) is 0 Å². The number of piperidine rings is 1. The summed E-state index contributed by atoms with van der Waals surface area (Å²) >= 11 is 6.08. The topological polar surface area (TPSA) is 20.3 Å². The third kappa shape index (κ3) is 2.87. The lowest BCUT2D eigenvalue weighted by molar-refractivity contribution is -0.132. The van der Waals surface area contributed by atoms with Gasteiger partial charge in [0.1, 0.15) is 0 Å². The summed E-state index contributed by atoms with van der Waals surface area (Å²) < 4.78 is 0. The molecular formula is C10H18ClNO. The summed E-state index contributed by atoms with van der Waals surface area (Å²) in [5.41, 5.74) is 0. The van der Waals surface area contributed by atoms with E-state index in [-0.39, 0.29) is 11.3 Å². The van der Waals surface area contributed by atoms with Crippen molar-refractivity contribution < 1.29 is 4.79 Å². The lowest BCUT2D eigenvalue weighted by atomic mass is 9.99. The molecule has 0 spiro atoms. The molecule has 1 rings (SSSR count). The summed E-state index contributed by atoms with van der Waals surface area (Å²) in [5.74, 6) is 0.731. The molecule has 1 fully saturated rings. The van der Waals surface area contributed by atoms with Crippen LogP contribution in [0, 0.1) is 5.92 Å².